The van der Waals surface area contributed by atoms with Crippen molar-refractivity contribution in [1.82, 2.24) is 15.2 Å². The van der Waals surface area contributed by atoms with E-state index in [9.17, 15) is 0 Å². The standard InChI is InChI=1S/C16H26N4/c1-4-14-15(5-2)19-20-16(18-14)17-10(3)13-9-11-6-7-12(13)8-11/h10-13H,4-9H2,1-3H3,(H,17,18,20). The second-order valence-electron chi connectivity index (χ2n) is 6.51. The lowest BCUT2D eigenvalue weighted by Gasteiger charge is -2.28. The Bertz CT molecular complexity index is 474. The molecular formula is C16H26N4. The second-order valence-corrected chi connectivity index (χ2v) is 6.51. The third kappa shape index (κ3) is 2.52. The molecule has 0 spiro atoms. The summed E-state index contributed by atoms with van der Waals surface area (Å²) in [4.78, 5) is 4.65. The normalized spacial score (nSPS) is 29.6. The molecule has 2 bridgehead atoms. The van der Waals surface area contributed by atoms with Crippen molar-refractivity contribution in [3.8, 4) is 0 Å². The highest BCUT2D eigenvalue weighted by atomic mass is 15.2. The molecule has 2 aliphatic carbocycles. The quantitative estimate of drug-likeness (QED) is 0.895. The van der Waals surface area contributed by atoms with Gasteiger partial charge >= 0.3 is 0 Å². The molecule has 0 aromatic carbocycles. The fraction of sp³-hybridized carbons (Fsp3) is 0.812. The summed E-state index contributed by atoms with van der Waals surface area (Å²) in [5.41, 5.74) is 2.12. The number of hydrogen-bond donors (Lipinski definition) is 1. The number of aryl methyl sites for hydroxylation is 2. The lowest BCUT2D eigenvalue weighted by molar-refractivity contribution is 0.303. The smallest absolute Gasteiger partial charge is 0.243 e. The number of nitrogens with zero attached hydrogens (tertiary/aromatic N) is 3. The first-order chi connectivity index (χ1) is 9.71. The van der Waals surface area contributed by atoms with E-state index >= 15 is 0 Å². The molecule has 20 heavy (non-hydrogen) atoms. The van der Waals surface area contributed by atoms with E-state index < -0.39 is 0 Å². The zero-order chi connectivity index (χ0) is 14.1. The summed E-state index contributed by atoms with van der Waals surface area (Å²) < 4.78 is 0. The summed E-state index contributed by atoms with van der Waals surface area (Å²) >= 11 is 0. The molecule has 1 heterocycles. The van der Waals surface area contributed by atoms with E-state index in [4.69, 9.17) is 0 Å². The average Bonchev–Trinajstić information content (AvgIpc) is 3.09. The molecule has 110 valence electrons. The minimum Gasteiger partial charge on any atom is -0.350 e. The second kappa shape index (κ2) is 5.66. The van der Waals surface area contributed by atoms with Crippen molar-refractivity contribution >= 4 is 5.95 Å². The molecule has 4 atom stereocenters. The van der Waals surface area contributed by atoms with Crippen molar-refractivity contribution in [1.29, 1.82) is 0 Å². The first-order valence-electron chi connectivity index (χ1n) is 8.20. The van der Waals surface area contributed by atoms with Crippen LogP contribution in [0.4, 0.5) is 5.95 Å². The number of fused-ring (bicyclic) bond motifs is 2. The Hall–Kier alpha value is -1.19. The third-order valence-electron chi connectivity index (χ3n) is 5.30. The van der Waals surface area contributed by atoms with Gasteiger partial charge in [-0.2, -0.15) is 5.10 Å². The van der Waals surface area contributed by atoms with Gasteiger partial charge in [-0.1, -0.05) is 20.3 Å². The van der Waals surface area contributed by atoms with Crippen molar-refractivity contribution in [3.63, 3.8) is 0 Å². The molecule has 4 nitrogen and oxygen atoms in total. The maximum absolute atomic E-state index is 4.65. The van der Waals surface area contributed by atoms with E-state index in [2.05, 4.69) is 41.3 Å². The first-order valence-corrected chi connectivity index (χ1v) is 8.20. The van der Waals surface area contributed by atoms with Crippen LogP contribution in [0.15, 0.2) is 0 Å². The van der Waals surface area contributed by atoms with Crippen molar-refractivity contribution in [2.45, 2.75) is 65.3 Å². The molecule has 0 amide bonds. The number of rotatable bonds is 5. The summed E-state index contributed by atoms with van der Waals surface area (Å²) in [7, 11) is 0. The van der Waals surface area contributed by atoms with Crippen LogP contribution in [0.3, 0.4) is 0 Å². The molecule has 2 aliphatic rings. The van der Waals surface area contributed by atoms with Crippen LogP contribution in [-0.4, -0.2) is 21.2 Å². The average molecular weight is 274 g/mol. The Balaban J connectivity index is 1.68. The van der Waals surface area contributed by atoms with E-state index in [0.717, 1.165) is 42.0 Å². The number of aromatic nitrogens is 3. The Morgan fingerprint density at radius 1 is 1.10 bits per heavy atom. The minimum absolute atomic E-state index is 0.462. The Morgan fingerprint density at radius 3 is 2.50 bits per heavy atom. The predicted molar refractivity (Wildman–Crippen MR) is 80.6 cm³/mol. The molecule has 2 fully saturated rings. The van der Waals surface area contributed by atoms with Crippen LogP contribution < -0.4 is 5.32 Å². The molecule has 4 heteroatoms. The molecule has 0 radical (unpaired) electrons. The van der Waals surface area contributed by atoms with Crippen molar-refractivity contribution in [2.24, 2.45) is 17.8 Å². The van der Waals surface area contributed by atoms with Crippen LogP contribution in [0.25, 0.3) is 0 Å². The van der Waals surface area contributed by atoms with Crippen LogP contribution in [-0.2, 0) is 12.8 Å². The molecule has 0 aliphatic heterocycles. The topological polar surface area (TPSA) is 50.7 Å². The highest BCUT2D eigenvalue weighted by Crippen LogP contribution is 2.49. The Morgan fingerprint density at radius 2 is 1.90 bits per heavy atom. The fourth-order valence-electron chi connectivity index (χ4n) is 4.22. The zero-order valence-corrected chi connectivity index (χ0v) is 12.9. The molecule has 3 rings (SSSR count). The van der Waals surface area contributed by atoms with Gasteiger partial charge in [-0.15, -0.1) is 5.10 Å². The van der Waals surface area contributed by atoms with Gasteiger partial charge in [0.05, 0.1) is 11.4 Å². The number of anilines is 1. The maximum Gasteiger partial charge on any atom is 0.243 e. The zero-order valence-electron chi connectivity index (χ0n) is 12.9. The monoisotopic (exact) mass is 274 g/mol. The fourth-order valence-corrected chi connectivity index (χ4v) is 4.22. The Kier molecular flexibility index (Phi) is 3.90. The Labute approximate surface area is 121 Å². The van der Waals surface area contributed by atoms with E-state index in [0.29, 0.717) is 12.0 Å². The van der Waals surface area contributed by atoms with E-state index in [-0.39, 0.29) is 0 Å². The van der Waals surface area contributed by atoms with Gasteiger partial charge in [0.2, 0.25) is 5.95 Å². The highest BCUT2D eigenvalue weighted by Gasteiger charge is 2.41. The van der Waals surface area contributed by atoms with Crippen LogP contribution in [0, 0.1) is 17.8 Å². The molecule has 2 saturated carbocycles. The molecule has 4 unspecified atom stereocenters. The SMILES string of the molecule is CCc1nnc(NC(C)C2CC3CCC2C3)nc1CC. The van der Waals surface area contributed by atoms with Gasteiger partial charge in [0.25, 0.3) is 0 Å². The molecular weight excluding hydrogens is 248 g/mol. The molecule has 1 aromatic heterocycles. The summed E-state index contributed by atoms with van der Waals surface area (Å²) in [5, 5.41) is 12.1. The van der Waals surface area contributed by atoms with Crippen LogP contribution in [0.5, 0.6) is 0 Å². The van der Waals surface area contributed by atoms with Gasteiger partial charge < -0.3 is 5.32 Å². The van der Waals surface area contributed by atoms with Gasteiger partial charge in [-0.3, -0.25) is 0 Å². The first kappa shape index (κ1) is 13.8. The number of nitrogens with one attached hydrogen (secondary N) is 1. The lowest BCUT2D eigenvalue weighted by Crippen LogP contribution is -2.31. The highest BCUT2D eigenvalue weighted by molar-refractivity contribution is 5.27. The van der Waals surface area contributed by atoms with E-state index in [1.165, 1.54) is 25.7 Å². The minimum atomic E-state index is 0.462. The summed E-state index contributed by atoms with van der Waals surface area (Å²) in [6.45, 7) is 6.52. The van der Waals surface area contributed by atoms with Gasteiger partial charge in [-0.25, -0.2) is 4.98 Å². The third-order valence-corrected chi connectivity index (χ3v) is 5.30. The van der Waals surface area contributed by atoms with Gasteiger partial charge in [0.1, 0.15) is 0 Å². The van der Waals surface area contributed by atoms with Crippen LogP contribution >= 0.6 is 0 Å². The predicted octanol–water partition coefficient (Wildman–Crippen LogP) is 3.23. The number of hydrogen-bond acceptors (Lipinski definition) is 4. The lowest BCUT2D eigenvalue weighted by atomic mass is 9.84. The van der Waals surface area contributed by atoms with Gasteiger partial charge in [0.15, 0.2) is 0 Å². The van der Waals surface area contributed by atoms with Gasteiger partial charge in [0, 0.05) is 6.04 Å². The van der Waals surface area contributed by atoms with E-state index in [1.54, 1.807) is 0 Å². The van der Waals surface area contributed by atoms with Crippen molar-refractivity contribution < 1.29 is 0 Å². The molecule has 1 N–H and O–H groups in total. The molecule has 1 aromatic rings. The van der Waals surface area contributed by atoms with E-state index in [1.807, 2.05) is 0 Å². The summed E-state index contributed by atoms with van der Waals surface area (Å²) in [6, 6.07) is 0.462. The van der Waals surface area contributed by atoms with Crippen LogP contribution in [0.2, 0.25) is 0 Å². The largest absolute Gasteiger partial charge is 0.350 e. The summed E-state index contributed by atoms with van der Waals surface area (Å²) in [5.74, 6) is 3.43. The van der Waals surface area contributed by atoms with Crippen molar-refractivity contribution in [2.75, 3.05) is 5.32 Å². The summed E-state index contributed by atoms with van der Waals surface area (Å²) in [6.07, 6.45) is 7.55. The molecule has 0 saturated heterocycles. The van der Waals surface area contributed by atoms with Gasteiger partial charge in [-0.05, 0) is 56.8 Å². The maximum atomic E-state index is 4.65. The van der Waals surface area contributed by atoms with Crippen LogP contribution in [0.1, 0.15) is 57.8 Å². The van der Waals surface area contributed by atoms with Crippen molar-refractivity contribution in [3.05, 3.63) is 11.4 Å².